The number of ether oxygens (including phenoxy) is 2. The summed E-state index contributed by atoms with van der Waals surface area (Å²) in [5, 5.41) is 2.93. The molecule has 3 rings (SSSR count). The molecule has 0 saturated heterocycles. The molecule has 0 bridgehead atoms. The van der Waals surface area contributed by atoms with Gasteiger partial charge in [-0.25, -0.2) is 4.98 Å². The maximum Gasteiger partial charge on any atom is 0.258 e. The van der Waals surface area contributed by atoms with Crippen LogP contribution >= 0.6 is 0 Å². The quantitative estimate of drug-likeness (QED) is 0.768. The van der Waals surface area contributed by atoms with E-state index in [4.69, 9.17) is 9.47 Å². The normalized spacial score (nSPS) is 11.4. The summed E-state index contributed by atoms with van der Waals surface area (Å²) in [5.74, 6) is 1.34. The van der Waals surface area contributed by atoms with Gasteiger partial charge in [0.1, 0.15) is 11.5 Å². The van der Waals surface area contributed by atoms with Gasteiger partial charge in [-0.05, 0) is 45.0 Å². The van der Waals surface area contributed by atoms with Gasteiger partial charge in [-0.2, -0.15) is 0 Å². The molecule has 0 spiro atoms. The Morgan fingerprint density at radius 1 is 1.04 bits per heavy atom. The summed E-state index contributed by atoms with van der Waals surface area (Å²) in [6.45, 7) is 6.22. The van der Waals surface area contributed by atoms with Crippen molar-refractivity contribution >= 4 is 22.9 Å². The van der Waals surface area contributed by atoms with Crippen LogP contribution in [-0.2, 0) is 5.54 Å². The molecule has 1 N–H and O–H groups in total. The van der Waals surface area contributed by atoms with E-state index in [0.717, 1.165) is 11.0 Å². The van der Waals surface area contributed by atoms with E-state index in [1.54, 1.807) is 32.4 Å². The number of carbonyl (C=O) groups excluding carboxylic acids is 1. The summed E-state index contributed by atoms with van der Waals surface area (Å²) >= 11 is 0. The molecule has 0 aliphatic heterocycles. The molecular weight excluding hydrogens is 330 g/mol. The van der Waals surface area contributed by atoms with Crippen LogP contribution in [0.25, 0.3) is 11.0 Å². The first-order chi connectivity index (χ1) is 12.3. The van der Waals surface area contributed by atoms with Gasteiger partial charge in [0.2, 0.25) is 5.95 Å². The fourth-order valence-electron chi connectivity index (χ4n) is 2.90. The summed E-state index contributed by atoms with van der Waals surface area (Å²) in [7, 11) is 3.10. The molecule has 0 aliphatic carbocycles. The first-order valence-electron chi connectivity index (χ1n) is 8.36. The fourth-order valence-corrected chi connectivity index (χ4v) is 2.90. The van der Waals surface area contributed by atoms with Crippen LogP contribution in [0.15, 0.2) is 42.5 Å². The van der Waals surface area contributed by atoms with Gasteiger partial charge in [0.15, 0.2) is 0 Å². The van der Waals surface area contributed by atoms with Crippen molar-refractivity contribution in [3.63, 3.8) is 0 Å². The maximum atomic E-state index is 12.8. The number of fused-ring (bicyclic) bond motifs is 1. The van der Waals surface area contributed by atoms with Crippen LogP contribution in [0.4, 0.5) is 5.95 Å². The first-order valence-corrected chi connectivity index (χ1v) is 8.36. The second kappa shape index (κ2) is 6.71. The van der Waals surface area contributed by atoms with E-state index >= 15 is 0 Å². The Hall–Kier alpha value is -3.02. The Balaban J connectivity index is 2.03. The SMILES string of the molecule is COc1cc(OC)cc(C(=O)Nc2nc3ccccc3n2C(C)(C)C)c1. The minimum Gasteiger partial charge on any atom is -0.497 e. The third-order valence-electron chi connectivity index (χ3n) is 4.07. The van der Waals surface area contributed by atoms with Crippen LogP contribution in [0.2, 0.25) is 0 Å². The molecule has 0 radical (unpaired) electrons. The number of rotatable bonds is 4. The highest BCUT2D eigenvalue weighted by Crippen LogP contribution is 2.29. The van der Waals surface area contributed by atoms with Crippen molar-refractivity contribution in [3.05, 3.63) is 48.0 Å². The van der Waals surface area contributed by atoms with Crippen molar-refractivity contribution in [1.82, 2.24) is 9.55 Å². The van der Waals surface area contributed by atoms with Gasteiger partial charge in [-0.3, -0.25) is 10.1 Å². The van der Waals surface area contributed by atoms with Gasteiger partial charge in [0, 0.05) is 17.2 Å². The standard InChI is InChI=1S/C20H23N3O3/c1-20(2,3)23-17-9-7-6-8-16(17)21-19(23)22-18(24)13-10-14(25-4)12-15(11-13)26-5/h6-12H,1-5H3,(H,21,22,24). The number of carbonyl (C=O) groups is 1. The Morgan fingerprint density at radius 2 is 1.65 bits per heavy atom. The summed E-state index contributed by atoms with van der Waals surface area (Å²) in [6.07, 6.45) is 0. The number of aromatic nitrogens is 2. The highest BCUT2D eigenvalue weighted by atomic mass is 16.5. The zero-order chi connectivity index (χ0) is 18.9. The van der Waals surface area contributed by atoms with Crippen molar-refractivity contribution < 1.29 is 14.3 Å². The lowest BCUT2D eigenvalue weighted by Gasteiger charge is -2.24. The zero-order valence-corrected chi connectivity index (χ0v) is 15.7. The Kier molecular flexibility index (Phi) is 4.59. The summed E-state index contributed by atoms with van der Waals surface area (Å²) in [6, 6.07) is 12.9. The third-order valence-corrected chi connectivity index (χ3v) is 4.07. The molecular formula is C20H23N3O3. The number of para-hydroxylation sites is 2. The van der Waals surface area contributed by atoms with Crippen molar-refractivity contribution in [3.8, 4) is 11.5 Å². The summed E-state index contributed by atoms with van der Waals surface area (Å²) < 4.78 is 12.5. The Bertz CT molecular complexity index is 932. The number of benzene rings is 2. The van der Waals surface area contributed by atoms with Crippen LogP contribution in [0.1, 0.15) is 31.1 Å². The number of methoxy groups -OCH3 is 2. The number of hydrogen-bond donors (Lipinski definition) is 1. The Morgan fingerprint density at radius 3 is 2.23 bits per heavy atom. The molecule has 3 aromatic rings. The molecule has 1 aromatic heterocycles. The number of amides is 1. The lowest BCUT2D eigenvalue weighted by molar-refractivity contribution is 0.102. The highest BCUT2D eigenvalue weighted by molar-refractivity contribution is 6.04. The molecule has 1 amide bonds. The van der Waals surface area contributed by atoms with E-state index in [9.17, 15) is 4.79 Å². The van der Waals surface area contributed by atoms with E-state index in [1.165, 1.54) is 0 Å². The monoisotopic (exact) mass is 353 g/mol. The maximum absolute atomic E-state index is 12.8. The average Bonchev–Trinajstić information content (AvgIpc) is 2.99. The van der Waals surface area contributed by atoms with Gasteiger partial charge in [0.05, 0.1) is 25.3 Å². The summed E-state index contributed by atoms with van der Waals surface area (Å²) in [5.41, 5.74) is 2.00. The molecule has 0 atom stereocenters. The number of hydrogen-bond acceptors (Lipinski definition) is 4. The molecule has 0 aliphatic rings. The molecule has 0 unspecified atom stereocenters. The van der Waals surface area contributed by atoms with Crippen molar-refractivity contribution in [2.24, 2.45) is 0 Å². The third kappa shape index (κ3) is 3.35. The van der Waals surface area contributed by atoms with Gasteiger partial charge >= 0.3 is 0 Å². The lowest BCUT2D eigenvalue weighted by atomic mass is 10.1. The molecule has 0 saturated carbocycles. The topological polar surface area (TPSA) is 65.4 Å². The molecule has 0 fully saturated rings. The van der Waals surface area contributed by atoms with Crippen LogP contribution in [-0.4, -0.2) is 29.7 Å². The summed E-state index contributed by atoms with van der Waals surface area (Å²) in [4.78, 5) is 17.4. The fraction of sp³-hybridized carbons (Fsp3) is 0.300. The van der Waals surface area contributed by atoms with Gasteiger partial charge < -0.3 is 14.0 Å². The second-order valence-corrected chi connectivity index (χ2v) is 6.99. The highest BCUT2D eigenvalue weighted by Gasteiger charge is 2.23. The van der Waals surface area contributed by atoms with Gasteiger partial charge in [0.25, 0.3) is 5.91 Å². The number of nitrogens with zero attached hydrogens (tertiary/aromatic N) is 2. The predicted molar refractivity (Wildman–Crippen MR) is 102 cm³/mol. The Labute approximate surface area is 152 Å². The van der Waals surface area contributed by atoms with E-state index in [-0.39, 0.29) is 11.4 Å². The smallest absolute Gasteiger partial charge is 0.258 e. The average molecular weight is 353 g/mol. The number of anilines is 1. The van der Waals surface area contributed by atoms with Gasteiger partial charge in [-0.1, -0.05) is 12.1 Å². The largest absolute Gasteiger partial charge is 0.497 e. The van der Waals surface area contributed by atoms with E-state index in [1.807, 2.05) is 28.8 Å². The molecule has 6 nitrogen and oxygen atoms in total. The second-order valence-electron chi connectivity index (χ2n) is 6.99. The molecule has 26 heavy (non-hydrogen) atoms. The molecule has 2 aromatic carbocycles. The van der Waals surface area contributed by atoms with Crippen molar-refractivity contribution in [2.45, 2.75) is 26.3 Å². The molecule has 6 heteroatoms. The van der Waals surface area contributed by atoms with Crippen molar-refractivity contribution in [1.29, 1.82) is 0 Å². The van der Waals surface area contributed by atoms with Crippen LogP contribution < -0.4 is 14.8 Å². The van der Waals surface area contributed by atoms with Crippen LogP contribution in [0.3, 0.4) is 0 Å². The van der Waals surface area contributed by atoms with Gasteiger partial charge in [-0.15, -0.1) is 0 Å². The van der Waals surface area contributed by atoms with E-state index in [2.05, 4.69) is 31.1 Å². The molecule has 1 heterocycles. The first kappa shape index (κ1) is 17.8. The van der Waals surface area contributed by atoms with E-state index < -0.39 is 0 Å². The van der Waals surface area contributed by atoms with E-state index in [0.29, 0.717) is 23.0 Å². The van der Waals surface area contributed by atoms with Crippen molar-refractivity contribution in [2.75, 3.05) is 19.5 Å². The number of nitrogens with one attached hydrogen (secondary N) is 1. The minimum atomic E-state index is -0.275. The molecule has 136 valence electrons. The zero-order valence-electron chi connectivity index (χ0n) is 15.7. The predicted octanol–water partition coefficient (Wildman–Crippen LogP) is 4.06. The lowest BCUT2D eigenvalue weighted by Crippen LogP contribution is -2.26. The van der Waals surface area contributed by atoms with Crippen LogP contribution in [0, 0.1) is 0 Å². The minimum absolute atomic E-state index is 0.245. The number of imidazole rings is 1. The van der Waals surface area contributed by atoms with Crippen LogP contribution in [0.5, 0.6) is 11.5 Å².